The van der Waals surface area contributed by atoms with Gasteiger partial charge in [0.25, 0.3) is 0 Å². The largest absolute Gasteiger partial charge is 0.335 e. The molecule has 3 aromatic rings. The van der Waals surface area contributed by atoms with Crippen LogP contribution in [0.25, 0.3) is 11.4 Å². The smallest absolute Gasteiger partial charge is 0.234 e. The first kappa shape index (κ1) is 17.0. The molecule has 3 rings (SSSR count). The molecule has 8 heteroatoms. The number of thioether (sulfide) groups is 1. The summed E-state index contributed by atoms with van der Waals surface area (Å²) in [5.74, 6) is 5.88. The highest BCUT2D eigenvalue weighted by Crippen LogP contribution is 2.22. The van der Waals surface area contributed by atoms with Gasteiger partial charge in [-0.3, -0.25) is 4.79 Å². The third-order valence-corrected chi connectivity index (χ3v) is 4.44. The zero-order chi connectivity index (χ0) is 17.8. The number of benzene rings is 2. The summed E-state index contributed by atoms with van der Waals surface area (Å²) in [6, 6.07) is 13.5. The number of carbonyl (C=O) groups excluding carboxylic acids is 1. The van der Waals surface area contributed by atoms with Gasteiger partial charge in [0.1, 0.15) is 5.82 Å². The lowest BCUT2D eigenvalue weighted by Crippen LogP contribution is -2.17. The van der Waals surface area contributed by atoms with Crippen LogP contribution in [0.15, 0.2) is 53.7 Å². The molecule has 0 bridgehead atoms. The fourth-order valence-corrected chi connectivity index (χ4v) is 2.89. The number of hydrogen-bond acceptors (Lipinski definition) is 5. The normalized spacial score (nSPS) is 10.6. The number of nitrogens with one attached hydrogen (secondary N) is 1. The summed E-state index contributed by atoms with van der Waals surface area (Å²) in [6.45, 7) is 1.92. The van der Waals surface area contributed by atoms with Crippen LogP contribution >= 0.6 is 11.8 Å². The van der Waals surface area contributed by atoms with Crippen LogP contribution in [0.1, 0.15) is 5.56 Å². The van der Waals surface area contributed by atoms with Gasteiger partial charge in [-0.25, -0.2) is 9.07 Å². The molecule has 0 unspecified atom stereocenters. The van der Waals surface area contributed by atoms with Crippen LogP contribution in [0.5, 0.6) is 0 Å². The number of amides is 1. The summed E-state index contributed by atoms with van der Waals surface area (Å²) in [6.07, 6.45) is 0. The minimum Gasteiger partial charge on any atom is -0.335 e. The molecule has 1 heterocycles. The number of nitrogen functional groups attached to an aromatic ring is 1. The molecule has 0 radical (unpaired) electrons. The van der Waals surface area contributed by atoms with Crippen molar-refractivity contribution in [3.05, 3.63) is 59.9 Å². The van der Waals surface area contributed by atoms with Crippen LogP contribution < -0.4 is 11.2 Å². The summed E-state index contributed by atoms with van der Waals surface area (Å²) >= 11 is 1.16. The average Bonchev–Trinajstić information content (AvgIpc) is 2.96. The Kier molecular flexibility index (Phi) is 4.99. The van der Waals surface area contributed by atoms with Crippen molar-refractivity contribution in [1.82, 2.24) is 14.9 Å². The van der Waals surface area contributed by atoms with E-state index < -0.39 is 0 Å². The quantitative estimate of drug-likeness (QED) is 0.542. The minimum absolute atomic E-state index is 0.132. The van der Waals surface area contributed by atoms with Crippen molar-refractivity contribution in [3.63, 3.8) is 0 Å². The highest BCUT2D eigenvalue weighted by molar-refractivity contribution is 7.99. The molecule has 0 aliphatic rings. The van der Waals surface area contributed by atoms with Crippen LogP contribution in [0.2, 0.25) is 0 Å². The number of halogens is 1. The van der Waals surface area contributed by atoms with Crippen LogP contribution in [0.3, 0.4) is 0 Å². The first-order valence-electron chi connectivity index (χ1n) is 7.49. The van der Waals surface area contributed by atoms with Crippen LogP contribution in [0.4, 0.5) is 10.1 Å². The number of aryl methyl sites for hydroxylation is 1. The van der Waals surface area contributed by atoms with Crippen molar-refractivity contribution in [2.45, 2.75) is 12.1 Å². The van der Waals surface area contributed by atoms with E-state index in [0.29, 0.717) is 16.5 Å². The van der Waals surface area contributed by atoms with Crippen LogP contribution in [-0.4, -0.2) is 26.5 Å². The van der Waals surface area contributed by atoms with E-state index in [9.17, 15) is 9.18 Å². The van der Waals surface area contributed by atoms with E-state index in [1.807, 2.05) is 31.2 Å². The van der Waals surface area contributed by atoms with Gasteiger partial charge in [-0.15, -0.1) is 10.2 Å². The van der Waals surface area contributed by atoms with Crippen LogP contribution in [0, 0.1) is 12.7 Å². The zero-order valence-corrected chi connectivity index (χ0v) is 14.3. The molecule has 2 aromatic carbocycles. The summed E-state index contributed by atoms with van der Waals surface area (Å²) in [5.41, 5.74) is 2.27. The fourth-order valence-electron chi connectivity index (χ4n) is 2.23. The predicted octanol–water partition coefficient (Wildman–Crippen LogP) is 2.84. The van der Waals surface area contributed by atoms with Crippen molar-refractivity contribution in [2.75, 3.05) is 16.9 Å². The van der Waals surface area contributed by atoms with Gasteiger partial charge < -0.3 is 11.2 Å². The van der Waals surface area contributed by atoms with E-state index in [4.69, 9.17) is 5.84 Å². The number of nitrogens with zero attached hydrogens (tertiary/aromatic N) is 3. The van der Waals surface area contributed by atoms with Crippen molar-refractivity contribution in [2.24, 2.45) is 0 Å². The maximum atomic E-state index is 13.3. The monoisotopic (exact) mass is 357 g/mol. The topological polar surface area (TPSA) is 85.8 Å². The summed E-state index contributed by atoms with van der Waals surface area (Å²) < 4.78 is 14.6. The van der Waals surface area contributed by atoms with Crippen molar-refractivity contribution in [3.8, 4) is 11.4 Å². The number of nitrogens with two attached hydrogens (primary N) is 1. The molecule has 1 aromatic heterocycles. The van der Waals surface area contributed by atoms with Gasteiger partial charge in [0.15, 0.2) is 5.82 Å². The fraction of sp³-hybridized carbons (Fsp3) is 0.118. The second-order valence-electron chi connectivity index (χ2n) is 5.34. The predicted molar refractivity (Wildman–Crippen MR) is 96.1 cm³/mol. The van der Waals surface area contributed by atoms with Gasteiger partial charge in [-0.2, -0.15) is 0 Å². The number of carbonyl (C=O) groups is 1. The van der Waals surface area contributed by atoms with E-state index in [0.717, 1.165) is 23.0 Å². The van der Waals surface area contributed by atoms with E-state index in [-0.39, 0.29) is 17.5 Å². The molecule has 3 N–H and O–H groups in total. The standard InChI is InChI=1S/C17H16FN5OS/c1-11-5-2-3-8-14(11)20-15(24)10-25-17-22-21-16(23(17)19)12-6-4-7-13(18)9-12/h2-9H,10,19H2,1H3,(H,20,24). The second-order valence-corrected chi connectivity index (χ2v) is 6.28. The lowest BCUT2D eigenvalue weighted by atomic mass is 10.2. The maximum Gasteiger partial charge on any atom is 0.234 e. The molecule has 0 atom stereocenters. The van der Waals surface area contributed by atoms with Crippen molar-refractivity contribution < 1.29 is 9.18 Å². The molecule has 25 heavy (non-hydrogen) atoms. The number of para-hydroxylation sites is 1. The Bertz CT molecular complexity index is 912. The molecular formula is C17H16FN5OS. The first-order chi connectivity index (χ1) is 12.0. The number of hydrogen-bond donors (Lipinski definition) is 2. The van der Waals surface area contributed by atoms with Gasteiger partial charge in [0.2, 0.25) is 11.1 Å². The molecular weight excluding hydrogens is 341 g/mol. The summed E-state index contributed by atoms with van der Waals surface area (Å²) in [7, 11) is 0. The summed E-state index contributed by atoms with van der Waals surface area (Å²) in [4.78, 5) is 12.1. The first-order valence-corrected chi connectivity index (χ1v) is 8.48. The third-order valence-electron chi connectivity index (χ3n) is 3.50. The Morgan fingerprint density at radius 2 is 2.04 bits per heavy atom. The minimum atomic E-state index is -0.382. The SMILES string of the molecule is Cc1ccccc1NC(=O)CSc1nnc(-c2cccc(F)c2)n1N. The highest BCUT2D eigenvalue weighted by Gasteiger charge is 2.14. The lowest BCUT2D eigenvalue weighted by molar-refractivity contribution is -0.113. The zero-order valence-electron chi connectivity index (χ0n) is 13.4. The molecule has 0 fully saturated rings. The Morgan fingerprint density at radius 1 is 1.24 bits per heavy atom. The molecule has 0 saturated heterocycles. The Balaban J connectivity index is 1.66. The average molecular weight is 357 g/mol. The maximum absolute atomic E-state index is 13.3. The molecule has 128 valence electrons. The Morgan fingerprint density at radius 3 is 2.80 bits per heavy atom. The molecule has 6 nitrogen and oxygen atoms in total. The number of aromatic nitrogens is 3. The molecule has 1 amide bonds. The van der Waals surface area contributed by atoms with Crippen molar-refractivity contribution in [1.29, 1.82) is 0 Å². The lowest BCUT2D eigenvalue weighted by Gasteiger charge is -2.07. The van der Waals surface area contributed by atoms with E-state index >= 15 is 0 Å². The van der Waals surface area contributed by atoms with Gasteiger partial charge in [-0.05, 0) is 30.7 Å². The van der Waals surface area contributed by atoms with E-state index in [2.05, 4.69) is 15.5 Å². The van der Waals surface area contributed by atoms with Crippen molar-refractivity contribution >= 4 is 23.4 Å². The second kappa shape index (κ2) is 7.35. The molecule has 0 aliphatic carbocycles. The molecule has 0 spiro atoms. The highest BCUT2D eigenvalue weighted by atomic mass is 32.2. The van der Waals surface area contributed by atoms with Crippen LogP contribution in [-0.2, 0) is 4.79 Å². The third kappa shape index (κ3) is 3.97. The number of rotatable bonds is 5. The Hall–Kier alpha value is -2.87. The van der Waals surface area contributed by atoms with Gasteiger partial charge in [0.05, 0.1) is 5.75 Å². The van der Waals surface area contributed by atoms with E-state index in [1.54, 1.807) is 12.1 Å². The van der Waals surface area contributed by atoms with Gasteiger partial charge in [0, 0.05) is 11.3 Å². The van der Waals surface area contributed by atoms with Gasteiger partial charge >= 0.3 is 0 Å². The Labute approximate surface area is 148 Å². The number of anilines is 1. The van der Waals surface area contributed by atoms with Gasteiger partial charge in [-0.1, -0.05) is 42.1 Å². The summed E-state index contributed by atoms with van der Waals surface area (Å²) in [5, 5.41) is 11.2. The van der Waals surface area contributed by atoms with E-state index in [1.165, 1.54) is 16.8 Å². The molecule has 0 saturated carbocycles. The molecule has 0 aliphatic heterocycles.